The molecule has 0 N–H and O–H groups in total. The van der Waals surface area contributed by atoms with E-state index in [-0.39, 0.29) is 0 Å². The Kier molecular flexibility index (Phi) is 5.88. The van der Waals surface area contributed by atoms with Gasteiger partial charge in [-0.15, -0.1) is 0 Å². The lowest BCUT2D eigenvalue weighted by atomic mass is 10.0. The standard InChI is InChI=1S/C46H30N2O/c1-3-29-13-18-33(19-14-29)47-41-11-7-6-10-36(41)38-26-31(16-22-44(38)47)32-17-23-45-39(27-32)40-28-34(20-24-46(40)49-45)48-42-12-8-5-9-35(42)37-25-30(4-2)15-21-43(37)48/h3-28H,1-2H2. The fraction of sp³-hybridized carbons (Fsp3) is 0. The second-order valence-corrected chi connectivity index (χ2v) is 12.7. The molecule has 3 nitrogen and oxygen atoms in total. The van der Waals surface area contributed by atoms with E-state index in [0.29, 0.717) is 0 Å². The maximum absolute atomic E-state index is 6.39. The number of hydrogen-bond donors (Lipinski definition) is 0. The molecule has 0 saturated heterocycles. The highest BCUT2D eigenvalue weighted by atomic mass is 16.3. The lowest BCUT2D eigenvalue weighted by molar-refractivity contribution is 0.669. The summed E-state index contributed by atoms with van der Waals surface area (Å²) < 4.78 is 11.1. The first-order valence-electron chi connectivity index (χ1n) is 16.6. The zero-order valence-electron chi connectivity index (χ0n) is 26.7. The number of furan rings is 1. The van der Waals surface area contributed by atoms with Crippen LogP contribution in [-0.4, -0.2) is 9.13 Å². The van der Waals surface area contributed by atoms with Crippen molar-refractivity contribution in [1.82, 2.24) is 9.13 Å². The third kappa shape index (κ3) is 4.09. The highest BCUT2D eigenvalue weighted by Crippen LogP contribution is 2.39. The maximum atomic E-state index is 6.39. The van der Waals surface area contributed by atoms with Crippen molar-refractivity contribution in [3.63, 3.8) is 0 Å². The minimum Gasteiger partial charge on any atom is -0.456 e. The summed E-state index contributed by atoms with van der Waals surface area (Å²) in [4.78, 5) is 0. The molecule has 7 aromatic carbocycles. The van der Waals surface area contributed by atoms with E-state index in [0.717, 1.165) is 50.0 Å². The van der Waals surface area contributed by atoms with Gasteiger partial charge in [0, 0.05) is 43.7 Å². The van der Waals surface area contributed by atoms with Crippen molar-refractivity contribution in [3.8, 4) is 22.5 Å². The summed E-state index contributed by atoms with van der Waals surface area (Å²) in [6.45, 7) is 7.92. The lowest BCUT2D eigenvalue weighted by Gasteiger charge is -2.09. The van der Waals surface area contributed by atoms with Gasteiger partial charge in [0.2, 0.25) is 0 Å². The Morgan fingerprint density at radius 3 is 1.57 bits per heavy atom. The number of hydrogen-bond acceptors (Lipinski definition) is 1. The SMILES string of the molecule is C=Cc1ccc(-n2c3ccccc3c3cc(-c4ccc5oc6ccc(-n7c8ccccc8c8cc(C=C)ccc87)cc6c5c4)ccc32)cc1. The summed E-state index contributed by atoms with van der Waals surface area (Å²) in [6.07, 6.45) is 3.79. The number of fused-ring (bicyclic) bond motifs is 9. The molecule has 0 amide bonds. The van der Waals surface area contributed by atoms with Gasteiger partial charge in [0.05, 0.1) is 22.1 Å². The van der Waals surface area contributed by atoms with E-state index in [4.69, 9.17) is 4.42 Å². The van der Waals surface area contributed by atoms with Crippen molar-refractivity contribution in [2.75, 3.05) is 0 Å². The number of aromatic nitrogens is 2. The van der Waals surface area contributed by atoms with Crippen molar-refractivity contribution >= 4 is 77.7 Å². The van der Waals surface area contributed by atoms with E-state index < -0.39 is 0 Å². The number of rotatable bonds is 5. The Balaban J connectivity index is 1.14. The Morgan fingerprint density at radius 1 is 0.388 bits per heavy atom. The Hall–Kier alpha value is -6.58. The van der Waals surface area contributed by atoms with Crippen LogP contribution in [0.1, 0.15) is 11.1 Å². The Labute approximate surface area is 282 Å². The lowest BCUT2D eigenvalue weighted by Crippen LogP contribution is -1.93. The van der Waals surface area contributed by atoms with Gasteiger partial charge in [-0.3, -0.25) is 0 Å². The second kappa shape index (κ2) is 10.5. The molecule has 0 unspecified atom stereocenters. The van der Waals surface area contributed by atoms with Crippen LogP contribution in [0, 0.1) is 0 Å². The summed E-state index contributed by atoms with van der Waals surface area (Å²) in [5, 5.41) is 7.12. The molecule has 49 heavy (non-hydrogen) atoms. The molecule has 0 aliphatic rings. The average molecular weight is 627 g/mol. The molecule has 0 spiro atoms. The monoisotopic (exact) mass is 626 g/mol. The summed E-state index contributed by atoms with van der Waals surface area (Å²) in [6, 6.07) is 52.3. The molecule has 230 valence electrons. The molecule has 3 heterocycles. The zero-order chi connectivity index (χ0) is 32.6. The first kappa shape index (κ1) is 27.5. The minimum atomic E-state index is 0.881. The van der Waals surface area contributed by atoms with Crippen LogP contribution >= 0.6 is 0 Å². The molecule has 3 aromatic heterocycles. The fourth-order valence-electron chi connectivity index (χ4n) is 7.67. The van der Waals surface area contributed by atoms with Gasteiger partial charge in [-0.2, -0.15) is 0 Å². The van der Waals surface area contributed by atoms with Crippen molar-refractivity contribution in [1.29, 1.82) is 0 Å². The predicted octanol–water partition coefficient (Wildman–Crippen LogP) is 12.7. The predicted molar refractivity (Wildman–Crippen MR) is 208 cm³/mol. The van der Waals surface area contributed by atoms with E-state index in [9.17, 15) is 0 Å². The number of benzene rings is 7. The zero-order valence-corrected chi connectivity index (χ0v) is 26.7. The van der Waals surface area contributed by atoms with Gasteiger partial charge >= 0.3 is 0 Å². The molecule has 0 aliphatic heterocycles. The van der Waals surface area contributed by atoms with Crippen molar-refractivity contribution in [2.45, 2.75) is 0 Å². The van der Waals surface area contributed by atoms with E-state index in [1.807, 2.05) is 12.2 Å². The molecular weight excluding hydrogens is 597 g/mol. The average Bonchev–Trinajstić information content (AvgIpc) is 3.81. The topological polar surface area (TPSA) is 23.0 Å². The van der Waals surface area contributed by atoms with Gasteiger partial charge in [0.25, 0.3) is 0 Å². The second-order valence-electron chi connectivity index (χ2n) is 12.7. The molecule has 0 bridgehead atoms. The molecule has 3 heteroatoms. The van der Waals surface area contributed by atoms with Gasteiger partial charge in [-0.05, 0) is 101 Å². The Bertz CT molecular complexity index is 2970. The van der Waals surface area contributed by atoms with Crippen LogP contribution in [-0.2, 0) is 0 Å². The highest BCUT2D eigenvalue weighted by Gasteiger charge is 2.17. The number of para-hydroxylation sites is 2. The van der Waals surface area contributed by atoms with Gasteiger partial charge < -0.3 is 13.6 Å². The van der Waals surface area contributed by atoms with Crippen molar-refractivity contribution < 1.29 is 4.42 Å². The molecule has 10 aromatic rings. The third-order valence-electron chi connectivity index (χ3n) is 10.0. The van der Waals surface area contributed by atoms with E-state index in [1.54, 1.807) is 0 Å². The van der Waals surface area contributed by atoms with Gasteiger partial charge in [-0.25, -0.2) is 0 Å². The first-order chi connectivity index (χ1) is 24.2. The summed E-state index contributed by atoms with van der Waals surface area (Å²) in [5.41, 5.74) is 13.3. The van der Waals surface area contributed by atoms with Crippen molar-refractivity contribution in [3.05, 3.63) is 170 Å². The van der Waals surface area contributed by atoms with E-state index in [1.165, 1.54) is 49.2 Å². The first-order valence-corrected chi connectivity index (χ1v) is 16.6. The van der Waals surface area contributed by atoms with Crippen LogP contribution < -0.4 is 0 Å². The van der Waals surface area contributed by atoms with E-state index in [2.05, 4.69) is 168 Å². The number of nitrogens with zero attached hydrogens (tertiary/aromatic N) is 2. The summed E-state index contributed by atoms with van der Waals surface area (Å²) in [7, 11) is 0. The smallest absolute Gasteiger partial charge is 0.135 e. The quantitative estimate of drug-likeness (QED) is 0.186. The normalized spacial score (nSPS) is 11.8. The molecule has 10 rings (SSSR count). The van der Waals surface area contributed by atoms with Crippen LogP contribution in [0.4, 0.5) is 0 Å². The molecule has 0 atom stereocenters. The molecule has 0 saturated carbocycles. The fourth-order valence-corrected chi connectivity index (χ4v) is 7.67. The maximum Gasteiger partial charge on any atom is 0.135 e. The van der Waals surface area contributed by atoms with Crippen LogP contribution in [0.25, 0.3) is 100 Å². The van der Waals surface area contributed by atoms with Crippen molar-refractivity contribution in [2.24, 2.45) is 0 Å². The third-order valence-corrected chi connectivity index (χ3v) is 10.0. The largest absolute Gasteiger partial charge is 0.456 e. The van der Waals surface area contributed by atoms with Crippen LogP contribution in [0.3, 0.4) is 0 Å². The Morgan fingerprint density at radius 2 is 0.878 bits per heavy atom. The van der Waals surface area contributed by atoms with Crippen LogP contribution in [0.5, 0.6) is 0 Å². The summed E-state index contributed by atoms with van der Waals surface area (Å²) in [5.74, 6) is 0. The van der Waals surface area contributed by atoms with Crippen LogP contribution in [0.15, 0.2) is 163 Å². The highest BCUT2D eigenvalue weighted by molar-refractivity contribution is 6.13. The van der Waals surface area contributed by atoms with E-state index >= 15 is 0 Å². The molecular formula is C46H30N2O. The van der Waals surface area contributed by atoms with Gasteiger partial charge in [-0.1, -0.05) is 92.0 Å². The molecule has 0 radical (unpaired) electrons. The summed E-state index contributed by atoms with van der Waals surface area (Å²) >= 11 is 0. The minimum absolute atomic E-state index is 0.881. The van der Waals surface area contributed by atoms with Crippen LogP contribution in [0.2, 0.25) is 0 Å². The molecule has 0 aliphatic carbocycles. The molecule has 0 fully saturated rings. The van der Waals surface area contributed by atoms with Gasteiger partial charge in [0.15, 0.2) is 0 Å². The van der Waals surface area contributed by atoms with Gasteiger partial charge in [0.1, 0.15) is 11.2 Å².